The van der Waals surface area contributed by atoms with Gasteiger partial charge in [-0.2, -0.15) is 15.5 Å². The fourth-order valence-electron chi connectivity index (χ4n) is 5.82. The van der Waals surface area contributed by atoms with Crippen LogP contribution in [0, 0.1) is 52.9 Å². The van der Waals surface area contributed by atoms with E-state index in [2.05, 4.69) is 49.5 Å². The predicted molar refractivity (Wildman–Crippen MR) is 238 cm³/mol. The lowest BCUT2D eigenvalue weighted by Crippen LogP contribution is -2.22. The molecule has 0 radical (unpaired) electrons. The van der Waals surface area contributed by atoms with Crippen LogP contribution in [0.3, 0.4) is 0 Å². The minimum absolute atomic E-state index is 0. The molecule has 0 aliphatic carbocycles. The topological polar surface area (TPSA) is 130 Å². The predicted octanol–water partition coefficient (Wildman–Crippen LogP) is 11.0. The highest BCUT2D eigenvalue weighted by atomic mass is 35.5. The van der Waals surface area contributed by atoms with Gasteiger partial charge in [-0.3, -0.25) is 0 Å². The lowest BCUT2D eigenvalue weighted by Gasteiger charge is -2.17. The monoisotopic (exact) mass is 839 g/mol. The molecule has 14 heteroatoms. The number of hydrogen-bond acceptors (Lipinski definition) is 9. The number of esters is 2. The normalized spacial score (nSPS) is 11.0. The second-order valence-corrected chi connectivity index (χ2v) is 27.9. The van der Waals surface area contributed by atoms with E-state index in [1.54, 1.807) is 10.8 Å². The van der Waals surface area contributed by atoms with E-state index in [9.17, 15) is 9.59 Å². The van der Waals surface area contributed by atoms with Crippen LogP contribution in [-0.4, -0.2) is 75.1 Å². The van der Waals surface area contributed by atoms with Crippen molar-refractivity contribution in [3.05, 3.63) is 80.1 Å². The Bertz CT molecular complexity index is 2000. The van der Waals surface area contributed by atoms with Gasteiger partial charge in [-0.25, -0.2) is 19.0 Å². The average Bonchev–Trinajstić information content (AvgIpc) is 3.61. The van der Waals surface area contributed by atoms with Gasteiger partial charge >= 0.3 is 11.9 Å². The number of hydrogen-bond donors (Lipinski definition) is 0. The van der Waals surface area contributed by atoms with Crippen molar-refractivity contribution in [3.8, 4) is 28.6 Å². The van der Waals surface area contributed by atoms with E-state index in [4.69, 9.17) is 35.8 Å². The van der Waals surface area contributed by atoms with Gasteiger partial charge in [0, 0.05) is 53.0 Å². The number of aromatic nitrogens is 4. The average molecular weight is 841 g/mol. The van der Waals surface area contributed by atoms with Crippen molar-refractivity contribution in [2.45, 2.75) is 121 Å². The number of nitriles is 1. The van der Waals surface area contributed by atoms with Crippen LogP contribution in [0.2, 0.25) is 56.5 Å². The quantitative estimate of drug-likeness (QED) is 0.0692. The van der Waals surface area contributed by atoms with Crippen LogP contribution in [0.15, 0.2) is 30.5 Å². The zero-order chi connectivity index (χ0) is 42.5. The van der Waals surface area contributed by atoms with Crippen molar-refractivity contribution >= 4 is 39.7 Å². The summed E-state index contributed by atoms with van der Waals surface area (Å²) in [6, 6.07) is 11.7. The van der Waals surface area contributed by atoms with Crippen LogP contribution in [-0.2, 0) is 32.4 Å². The molecule has 0 saturated carbocycles. The smallest absolute Gasteiger partial charge is 0.338 e. The first-order chi connectivity index (χ1) is 26.1. The molecule has 0 bridgehead atoms. The lowest BCUT2D eigenvalue weighted by atomic mass is 9.96. The molecule has 0 saturated heterocycles. The summed E-state index contributed by atoms with van der Waals surface area (Å²) in [5.41, 5.74) is 10.7. The van der Waals surface area contributed by atoms with E-state index >= 15 is 0 Å². The van der Waals surface area contributed by atoms with Crippen molar-refractivity contribution < 1.29 is 28.5 Å². The molecular formula is C43H66ClN5O6Si2. The first-order valence-corrected chi connectivity index (χ1v) is 26.5. The zero-order valence-electron chi connectivity index (χ0n) is 36.2. The Morgan fingerprint density at radius 2 is 1.11 bits per heavy atom. The number of halogens is 1. The van der Waals surface area contributed by atoms with Crippen LogP contribution in [0.5, 0.6) is 0 Å². The Labute approximate surface area is 348 Å². The number of methoxy groups -OCH3 is 2. The van der Waals surface area contributed by atoms with Gasteiger partial charge in [-0.15, -0.1) is 0 Å². The molecule has 0 aliphatic heterocycles. The minimum atomic E-state index is -1.15. The van der Waals surface area contributed by atoms with E-state index in [0.717, 1.165) is 74.6 Å². The van der Waals surface area contributed by atoms with Gasteiger partial charge in [0.2, 0.25) is 0 Å². The molecule has 2 aromatic heterocycles. The molecular weight excluding hydrogens is 774 g/mol. The maximum Gasteiger partial charge on any atom is 0.338 e. The molecule has 0 unspecified atom stereocenters. The first kappa shape index (κ1) is 51.0. The van der Waals surface area contributed by atoms with Crippen molar-refractivity contribution in [1.82, 2.24) is 19.6 Å². The minimum Gasteiger partial charge on any atom is -0.465 e. The lowest BCUT2D eigenvalue weighted by molar-refractivity contribution is 0.0591. The number of carbonyl (C=O) groups is 2. The summed E-state index contributed by atoms with van der Waals surface area (Å²) in [6.07, 6.45) is 1.84. The molecule has 2 heterocycles. The largest absolute Gasteiger partial charge is 0.465 e. The van der Waals surface area contributed by atoms with Crippen molar-refractivity contribution in [2.75, 3.05) is 27.4 Å². The van der Waals surface area contributed by atoms with Gasteiger partial charge < -0.3 is 18.9 Å². The fourth-order valence-corrected chi connectivity index (χ4v) is 7.51. The Balaban J connectivity index is 0.000000525. The maximum atomic E-state index is 12.1. The van der Waals surface area contributed by atoms with Crippen LogP contribution >= 0.6 is 11.6 Å². The van der Waals surface area contributed by atoms with Crippen LogP contribution in [0.4, 0.5) is 0 Å². The van der Waals surface area contributed by atoms with E-state index in [1.807, 2.05) is 76.7 Å². The molecule has 11 nitrogen and oxygen atoms in total. The summed E-state index contributed by atoms with van der Waals surface area (Å²) in [5, 5.41) is 16.7. The second-order valence-electron chi connectivity index (χ2n) is 16.3. The molecule has 0 fully saturated rings. The second kappa shape index (κ2) is 22.8. The van der Waals surface area contributed by atoms with Gasteiger partial charge in [-0.1, -0.05) is 70.4 Å². The number of rotatable bonds is 14. The maximum absolute atomic E-state index is 12.1. The standard InChI is InChI=1S/C20H29ClN2O3Si.C20H30N2O3Si.C2H3N.CH4/c1-13-10-14(2)17(20(24)25-4)11-16(13)18-15(3)19(21)22-23(18)12-26-8-9-27(5,6)7;1-14-10-15(2)18(20(23)24-4)11-17(14)19-16(3)12-21-22(19)13-25-8-9-26(5,6)7;1-2-3;/h10-11H,8-9,12H2,1-7H3;10-12H,8-9,13H2,1-7H3;1H3;1H4. The molecule has 314 valence electrons. The summed E-state index contributed by atoms with van der Waals surface area (Å²) in [5.74, 6) is -0.672. The molecule has 0 aliphatic rings. The molecule has 0 spiro atoms. The Kier molecular flexibility index (Phi) is 20.3. The number of aryl methyl sites for hydroxylation is 5. The Morgan fingerprint density at radius 3 is 1.51 bits per heavy atom. The molecule has 4 rings (SSSR count). The van der Waals surface area contributed by atoms with E-state index in [0.29, 0.717) is 36.3 Å². The van der Waals surface area contributed by atoms with E-state index < -0.39 is 16.1 Å². The highest BCUT2D eigenvalue weighted by Gasteiger charge is 2.22. The highest BCUT2D eigenvalue weighted by Crippen LogP contribution is 2.33. The van der Waals surface area contributed by atoms with Crippen LogP contribution in [0.1, 0.15) is 68.4 Å². The zero-order valence-corrected chi connectivity index (χ0v) is 38.9. The van der Waals surface area contributed by atoms with Crippen LogP contribution in [0.25, 0.3) is 22.5 Å². The molecule has 0 atom stereocenters. The molecule has 57 heavy (non-hydrogen) atoms. The van der Waals surface area contributed by atoms with E-state index in [1.165, 1.54) is 21.1 Å². The number of nitrogens with zero attached hydrogens (tertiary/aromatic N) is 5. The number of carbonyl (C=O) groups excluding carboxylic acids is 2. The Hall–Kier alpha value is -4.07. The Morgan fingerprint density at radius 1 is 0.702 bits per heavy atom. The number of ether oxygens (including phenoxy) is 4. The number of benzene rings is 2. The third kappa shape index (κ3) is 15.0. The fraction of sp³-hybridized carbons (Fsp3) is 0.512. The first-order valence-electron chi connectivity index (χ1n) is 18.7. The molecule has 0 N–H and O–H groups in total. The van der Waals surface area contributed by atoms with Gasteiger partial charge in [0.15, 0.2) is 5.15 Å². The summed E-state index contributed by atoms with van der Waals surface area (Å²) < 4.78 is 25.2. The summed E-state index contributed by atoms with van der Waals surface area (Å²) in [6.45, 7) is 29.4. The van der Waals surface area contributed by atoms with E-state index in [-0.39, 0.29) is 19.4 Å². The molecule has 2 aromatic carbocycles. The third-order valence-electron chi connectivity index (χ3n) is 9.04. The highest BCUT2D eigenvalue weighted by molar-refractivity contribution is 6.76. The van der Waals surface area contributed by atoms with Crippen molar-refractivity contribution in [2.24, 2.45) is 0 Å². The summed E-state index contributed by atoms with van der Waals surface area (Å²) in [7, 11) is 0.531. The van der Waals surface area contributed by atoms with Crippen molar-refractivity contribution in [1.29, 1.82) is 5.26 Å². The SMILES string of the molecule is C.CC#N.COC(=O)c1cc(-c2c(C)c(Cl)nn2COCC[Si](C)(C)C)c(C)cc1C.COC(=O)c1cc(-c2c(C)cnn2COCC[Si](C)(C)C)c(C)cc1C. The summed E-state index contributed by atoms with van der Waals surface area (Å²) >= 11 is 6.31. The van der Waals surface area contributed by atoms with Gasteiger partial charge in [0.05, 0.1) is 49.0 Å². The molecule has 4 aromatic rings. The van der Waals surface area contributed by atoms with Gasteiger partial charge in [0.1, 0.15) is 13.5 Å². The summed E-state index contributed by atoms with van der Waals surface area (Å²) in [4.78, 5) is 24.2. The van der Waals surface area contributed by atoms with Gasteiger partial charge in [0.25, 0.3) is 0 Å². The molecule has 0 amide bonds. The third-order valence-corrected chi connectivity index (χ3v) is 12.8. The van der Waals surface area contributed by atoms with Gasteiger partial charge in [-0.05, 0) is 93.6 Å². The van der Waals surface area contributed by atoms with Crippen molar-refractivity contribution in [3.63, 3.8) is 0 Å². The van der Waals surface area contributed by atoms with Crippen LogP contribution < -0.4 is 0 Å².